The number of para-hydroxylation sites is 1. The first-order chi connectivity index (χ1) is 11.1. The van der Waals surface area contributed by atoms with Crippen LogP contribution in [0.3, 0.4) is 0 Å². The number of amides is 1. The normalized spacial score (nSPS) is 17.8. The molecule has 23 heavy (non-hydrogen) atoms. The van der Waals surface area contributed by atoms with E-state index in [1.807, 2.05) is 6.92 Å². The second kappa shape index (κ2) is 6.50. The van der Waals surface area contributed by atoms with Gasteiger partial charge in [0.15, 0.2) is 0 Å². The minimum atomic E-state index is -0.506. The van der Waals surface area contributed by atoms with E-state index in [4.69, 9.17) is 4.74 Å². The number of carbonyl (C=O) groups is 1. The highest BCUT2D eigenvalue weighted by Gasteiger charge is 2.31. The van der Waals surface area contributed by atoms with Crippen molar-refractivity contribution in [2.24, 2.45) is 0 Å². The average Bonchev–Trinajstić information content (AvgIpc) is 3.02. The molecular formula is C17H19FN2O3. The lowest BCUT2D eigenvalue weighted by atomic mass is 10.1. The topological polar surface area (TPSA) is 62.4 Å². The number of nitrogens with zero attached hydrogens (tertiary/aromatic N) is 1. The number of rotatable bonds is 4. The minimum Gasteiger partial charge on any atom is -0.380 e. The number of halogens is 1. The average molecular weight is 318 g/mol. The van der Waals surface area contributed by atoms with Gasteiger partial charge in [-0.15, -0.1) is 0 Å². The Kier molecular flexibility index (Phi) is 4.43. The van der Waals surface area contributed by atoms with Crippen molar-refractivity contribution in [2.45, 2.75) is 25.8 Å². The van der Waals surface area contributed by atoms with Gasteiger partial charge in [-0.3, -0.25) is 9.59 Å². The molecule has 0 bridgehead atoms. The minimum absolute atomic E-state index is 0.00921. The summed E-state index contributed by atoms with van der Waals surface area (Å²) in [6.07, 6.45) is 3.07. The molecule has 1 N–H and O–H groups in total. The molecule has 0 saturated carbocycles. The molecule has 3 rings (SSSR count). The van der Waals surface area contributed by atoms with Gasteiger partial charge < -0.3 is 14.6 Å². The number of pyridine rings is 1. The summed E-state index contributed by atoms with van der Waals surface area (Å²) in [5.41, 5.74) is -0.266. The van der Waals surface area contributed by atoms with Gasteiger partial charge in [-0.05, 0) is 31.9 Å². The highest BCUT2D eigenvalue weighted by Crippen LogP contribution is 2.20. The lowest BCUT2D eigenvalue weighted by Crippen LogP contribution is -2.40. The van der Waals surface area contributed by atoms with Crippen molar-refractivity contribution in [1.29, 1.82) is 0 Å². The summed E-state index contributed by atoms with van der Waals surface area (Å²) in [5, 5.41) is 0.191. The number of aromatic amines is 1. The molecule has 2 heterocycles. The van der Waals surface area contributed by atoms with Crippen LogP contribution in [0.25, 0.3) is 10.9 Å². The Hall–Kier alpha value is -2.21. The molecular weight excluding hydrogens is 299 g/mol. The van der Waals surface area contributed by atoms with Crippen LogP contribution in [-0.4, -0.2) is 41.6 Å². The van der Waals surface area contributed by atoms with Crippen LogP contribution >= 0.6 is 0 Å². The molecule has 0 radical (unpaired) electrons. The molecule has 0 spiro atoms. The zero-order valence-electron chi connectivity index (χ0n) is 13.0. The number of nitrogens with one attached hydrogen (secondary N) is 1. The Morgan fingerprint density at radius 2 is 2.30 bits per heavy atom. The van der Waals surface area contributed by atoms with Crippen LogP contribution in [0.4, 0.5) is 4.39 Å². The van der Waals surface area contributed by atoms with Gasteiger partial charge in [0.1, 0.15) is 11.4 Å². The molecule has 1 aromatic carbocycles. The standard InChI is InChI=1S/C17H19FN2O3/c1-2-23-10-11-5-4-8-20(11)17(22)13-9-19-15-12(16(13)21)6-3-7-14(15)18/h3,6-7,9,11H,2,4-5,8,10H2,1H3,(H,19,21). The van der Waals surface area contributed by atoms with Crippen LogP contribution in [0.15, 0.2) is 29.2 Å². The fourth-order valence-electron chi connectivity index (χ4n) is 3.06. The third-order valence-corrected chi connectivity index (χ3v) is 4.25. The van der Waals surface area contributed by atoms with Gasteiger partial charge in [0, 0.05) is 24.7 Å². The number of carbonyl (C=O) groups excluding carboxylic acids is 1. The summed E-state index contributed by atoms with van der Waals surface area (Å²) in [6, 6.07) is 4.26. The van der Waals surface area contributed by atoms with Gasteiger partial charge in [0.25, 0.3) is 5.91 Å². The van der Waals surface area contributed by atoms with Crippen LogP contribution < -0.4 is 5.43 Å². The summed E-state index contributed by atoms with van der Waals surface area (Å²) in [4.78, 5) is 29.7. The Morgan fingerprint density at radius 3 is 3.09 bits per heavy atom. The maximum atomic E-state index is 13.7. The number of aromatic nitrogens is 1. The van der Waals surface area contributed by atoms with E-state index in [2.05, 4.69) is 4.98 Å². The smallest absolute Gasteiger partial charge is 0.259 e. The highest BCUT2D eigenvalue weighted by molar-refractivity contribution is 5.97. The number of benzene rings is 1. The second-order valence-corrected chi connectivity index (χ2v) is 5.65. The molecule has 1 aliphatic rings. The van der Waals surface area contributed by atoms with E-state index in [-0.39, 0.29) is 28.4 Å². The lowest BCUT2D eigenvalue weighted by Gasteiger charge is -2.24. The van der Waals surface area contributed by atoms with E-state index in [0.717, 1.165) is 12.8 Å². The molecule has 1 atom stereocenters. The summed E-state index contributed by atoms with van der Waals surface area (Å²) in [6.45, 7) is 3.58. The van der Waals surface area contributed by atoms with Gasteiger partial charge in [-0.2, -0.15) is 0 Å². The highest BCUT2D eigenvalue weighted by atomic mass is 19.1. The monoisotopic (exact) mass is 318 g/mol. The van der Waals surface area contributed by atoms with E-state index in [9.17, 15) is 14.0 Å². The van der Waals surface area contributed by atoms with Gasteiger partial charge in [0.2, 0.25) is 5.43 Å². The van der Waals surface area contributed by atoms with Crippen molar-refractivity contribution in [2.75, 3.05) is 19.8 Å². The number of H-pyrrole nitrogens is 1. The predicted octanol–water partition coefficient (Wildman–Crippen LogP) is 2.31. The molecule has 5 nitrogen and oxygen atoms in total. The number of hydrogen-bond donors (Lipinski definition) is 1. The Morgan fingerprint density at radius 1 is 1.48 bits per heavy atom. The Bertz CT molecular complexity index is 787. The van der Waals surface area contributed by atoms with Crippen molar-refractivity contribution >= 4 is 16.8 Å². The molecule has 6 heteroatoms. The fraction of sp³-hybridized carbons (Fsp3) is 0.412. The number of ether oxygens (including phenoxy) is 1. The van der Waals surface area contributed by atoms with E-state index in [1.54, 1.807) is 4.90 Å². The number of likely N-dealkylation sites (tertiary alicyclic amines) is 1. The molecule has 1 aliphatic heterocycles. The van der Waals surface area contributed by atoms with E-state index >= 15 is 0 Å². The maximum absolute atomic E-state index is 13.7. The van der Waals surface area contributed by atoms with Crippen LogP contribution in [0.2, 0.25) is 0 Å². The van der Waals surface area contributed by atoms with Crippen LogP contribution in [0.5, 0.6) is 0 Å². The number of fused-ring (bicyclic) bond motifs is 1. The van der Waals surface area contributed by atoms with E-state index in [1.165, 1.54) is 24.4 Å². The Balaban J connectivity index is 1.95. The van der Waals surface area contributed by atoms with Gasteiger partial charge in [-0.25, -0.2) is 4.39 Å². The zero-order valence-corrected chi connectivity index (χ0v) is 13.0. The van der Waals surface area contributed by atoms with Crippen LogP contribution in [0.1, 0.15) is 30.1 Å². The zero-order chi connectivity index (χ0) is 16.4. The third-order valence-electron chi connectivity index (χ3n) is 4.25. The molecule has 0 aliphatic carbocycles. The summed E-state index contributed by atoms with van der Waals surface area (Å²) < 4.78 is 19.1. The Labute approximate surface area is 133 Å². The fourth-order valence-corrected chi connectivity index (χ4v) is 3.06. The first-order valence-electron chi connectivity index (χ1n) is 7.82. The summed E-state index contributed by atoms with van der Waals surface area (Å²) >= 11 is 0. The van der Waals surface area contributed by atoms with Crippen LogP contribution in [0, 0.1) is 5.82 Å². The quantitative estimate of drug-likeness (QED) is 0.941. The van der Waals surface area contributed by atoms with Crippen molar-refractivity contribution < 1.29 is 13.9 Å². The molecule has 1 saturated heterocycles. The first-order valence-corrected chi connectivity index (χ1v) is 7.82. The SMILES string of the molecule is CCOCC1CCCN1C(=O)c1c[nH]c2c(F)cccc2c1=O. The van der Waals surface area contributed by atoms with E-state index in [0.29, 0.717) is 19.8 Å². The predicted molar refractivity (Wildman–Crippen MR) is 85.1 cm³/mol. The summed E-state index contributed by atoms with van der Waals surface area (Å²) in [7, 11) is 0. The third kappa shape index (κ3) is 2.86. The number of hydrogen-bond acceptors (Lipinski definition) is 3. The molecule has 1 aromatic heterocycles. The van der Waals surface area contributed by atoms with Gasteiger partial charge >= 0.3 is 0 Å². The molecule has 122 valence electrons. The van der Waals surface area contributed by atoms with E-state index < -0.39 is 11.2 Å². The first kappa shape index (κ1) is 15.7. The second-order valence-electron chi connectivity index (χ2n) is 5.65. The molecule has 1 unspecified atom stereocenters. The lowest BCUT2D eigenvalue weighted by molar-refractivity contribution is 0.0563. The van der Waals surface area contributed by atoms with Crippen molar-refractivity contribution in [3.63, 3.8) is 0 Å². The summed E-state index contributed by atoms with van der Waals surface area (Å²) in [5.74, 6) is -0.825. The maximum Gasteiger partial charge on any atom is 0.259 e. The molecule has 1 amide bonds. The largest absolute Gasteiger partial charge is 0.380 e. The van der Waals surface area contributed by atoms with Crippen molar-refractivity contribution in [1.82, 2.24) is 9.88 Å². The van der Waals surface area contributed by atoms with Crippen LogP contribution in [-0.2, 0) is 4.74 Å². The molecule has 2 aromatic rings. The molecule has 1 fully saturated rings. The van der Waals surface area contributed by atoms with Crippen molar-refractivity contribution in [3.05, 3.63) is 46.0 Å². The van der Waals surface area contributed by atoms with Crippen molar-refractivity contribution in [3.8, 4) is 0 Å². The van der Waals surface area contributed by atoms with Gasteiger partial charge in [-0.1, -0.05) is 6.07 Å². The van der Waals surface area contributed by atoms with Gasteiger partial charge in [0.05, 0.1) is 18.2 Å².